The zero-order chi connectivity index (χ0) is 12.5. The first-order valence-corrected chi connectivity index (χ1v) is 5.48. The molecule has 1 aromatic rings. The monoisotopic (exact) mass is 314 g/mol. The molecule has 88 valence electrons. The summed E-state index contributed by atoms with van der Waals surface area (Å²) in [7, 11) is 0. The van der Waals surface area contributed by atoms with Crippen LogP contribution in [0.25, 0.3) is 0 Å². The Labute approximate surface area is 104 Å². The molecule has 1 rings (SSSR count). The van der Waals surface area contributed by atoms with Gasteiger partial charge in [0.05, 0.1) is 5.56 Å². The molecule has 0 aliphatic heterocycles. The number of alkyl halides is 4. The SMILES string of the molecule is CC(=O)C(Cl)c1cccc(C(F)(F)F)c1Br. The van der Waals surface area contributed by atoms with Crippen molar-refractivity contribution in [1.29, 1.82) is 0 Å². The maximum atomic E-state index is 12.5. The molecule has 0 amide bonds. The molecular weight excluding hydrogens is 308 g/mol. The highest BCUT2D eigenvalue weighted by Crippen LogP contribution is 2.39. The van der Waals surface area contributed by atoms with Gasteiger partial charge in [0.1, 0.15) is 5.38 Å². The van der Waals surface area contributed by atoms with E-state index in [1.807, 2.05) is 0 Å². The van der Waals surface area contributed by atoms with Crippen molar-refractivity contribution < 1.29 is 18.0 Å². The van der Waals surface area contributed by atoms with Crippen molar-refractivity contribution in [1.82, 2.24) is 0 Å². The van der Waals surface area contributed by atoms with E-state index in [2.05, 4.69) is 15.9 Å². The molecule has 0 saturated heterocycles. The molecule has 0 bridgehead atoms. The van der Waals surface area contributed by atoms with Crippen molar-refractivity contribution in [3.63, 3.8) is 0 Å². The van der Waals surface area contributed by atoms with Crippen LogP contribution in [0.1, 0.15) is 23.4 Å². The van der Waals surface area contributed by atoms with E-state index in [0.717, 1.165) is 6.07 Å². The van der Waals surface area contributed by atoms with E-state index < -0.39 is 22.9 Å². The molecule has 0 spiro atoms. The number of carbonyl (C=O) groups is 1. The van der Waals surface area contributed by atoms with Gasteiger partial charge in [0, 0.05) is 4.47 Å². The van der Waals surface area contributed by atoms with Gasteiger partial charge in [-0.05, 0) is 34.5 Å². The van der Waals surface area contributed by atoms with Gasteiger partial charge in [-0.2, -0.15) is 13.2 Å². The van der Waals surface area contributed by atoms with E-state index in [-0.39, 0.29) is 10.0 Å². The van der Waals surface area contributed by atoms with Gasteiger partial charge in [-0.25, -0.2) is 0 Å². The van der Waals surface area contributed by atoms with Crippen LogP contribution in [-0.4, -0.2) is 5.78 Å². The number of benzene rings is 1. The highest BCUT2D eigenvalue weighted by Gasteiger charge is 2.34. The summed E-state index contributed by atoms with van der Waals surface area (Å²) >= 11 is 8.55. The third-order valence-corrected chi connectivity index (χ3v) is 3.39. The Morgan fingerprint density at radius 2 is 2.00 bits per heavy atom. The summed E-state index contributed by atoms with van der Waals surface area (Å²) < 4.78 is 37.4. The normalized spacial score (nSPS) is 13.6. The van der Waals surface area contributed by atoms with Crippen LogP contribution < -0.4 is 0 Å². The van der Waals surface area contributed by atoms with E-state index in [1.54, 1.807) is 0 Å². The Morgan fingerprint density at radius 3 is 2.44 bits per heavy atom. The van der Waals surface area contributed by atoms with Gasteiger partial charge < -0.3 is 0 Å². The standard InChI is InChI=1S/C10H7BrClF3O/c1-5(16)9(12)6-3-2-4-7(8(6)11)10(13,14)15/h2-4,9H,1H3. The van der Waals surface area contributed by atoms with Gasteiger partial charge in [0.2, 0.25) is 0 Å². The lowest BCUT2D eigenvalue weighted by atomic mass is 10.1. The number of ketones is 1. The first kappa shape index (κ1) is 13.5. The molecule has 0 aliphatic rings. The van der Waals surface area contributed by atoms with Crippen molar-refractivity contribution in [2.45, 2.75) is 18.5 Å². The molecule has 0 radical (unpaired) electrons. The molecule has 0 aliphatic carbocycles. The predicted molar refractivity (Wildman–Crippen MR) is 58.4 cm³/mol. The highest BCUT2D eigenvalue weighted by atomic mass is 79.9. The van der Waals surface area contributed by atoms with Gasteiger partial charge in [-0.1, -0.05) is 12.1 Å². The summed E-state index contributed by atoms with van der Waals surface area (Å²) in [6, 6.07) is 3.54. The van der Waals surface area contributed by atoms with E-state index in [4.69, 9.17) is 11.6 Å². The summed E-state index contributed by atoms with van der Waals surface area (Å²) in [5.41, 5.74) is -0.708. The number of Topliss-reactive ketones (excluding diaryl/α,β-unsaturated/α-hetero) is 1. The molecule has 0 aromatic heterocycles. The minimum absolute atomic E-state index is 0.129. The third kappa shape index (κ3) is 2.77. The second-order valence-corrected chi connectivity index (χ2v) is 4.41. The molecule has 1 unspecified atom stereocenters. The minimum atomic E-state index is -4.47. The largest absolute Gasteiger partial charge is 0.417 e. The van der Waals surface area contributed by atoms with Gasteiger partial charge >= 0.3 is 6.18 Å². The molecule has 0 heterocycles. The number of halogens is 5. The molecule has 0 fully saturated rings. The van der Waals surface area contributed by atoms with Crippen molar-refractivity contribution in [3.05, 3.63) is 33.8 Å². The molecule has 0 N–H and O–H groups in total. The number of hydrogen-bond donors (Lipinski definition) is 0. The summed E-state index contributed by atoms with van der Waals surface area (Å²) in [6.45, 7) is 1.23. The summed E-state index contributed by atoms with van der Waals surface area (Å²) in [4.78, 5) is 11.0. The van der Waals surface area contributed by atoms with E-state index >= 15 is 0 Å². The van der Waals surface area contributed by atoms with E-state index in [0.29, 0.717) is 0 Å². The van der Waals surface area contributed by atoms with Crippen LogP contribution in [0.2, 0.25) is 0 Å². The van der Waals surface area contributed by atoms with Crippen LogP contribution in [0.15, 0.2) is 22.7 Å². The molecule has 6 heteroatoms. The zero-order valence-electron chi connectivity index (χ0n) is 8.11. The summed E-state index contributed by atoms with van der Waals surface area (Å²) in [6.07, 6.45) is -4.47. The number of carbonyl (C=O) groups excluding carboxylic acids is 1. The fourth-order valence-corrected chi connectivity index (χ4v) is 2.22. The maximum absolute atomic E-state index is 12.5. The minimum Gasteiger partial charge on any atom is -0.298 e. The Bertz CT molecular complexity index is 417. The Hall–Kier alpha value is -0.550. The smallest absolute Gasteiger partial charge is 0.298 e. The van der Waals surface area contributed by atoms with Crippen LogP contribution in [0, 0.1) is 0 Å². The van der Waals surface area contributed by atoms with Gasteiger partial charge in [-0.15, -0.1) is 11.6 Å². The first-order valence-electron chi connectivity index (χ1n) is 4.25. The zero-order valence-corrected chi connectivity index (χ0v) is 10.4. The van der Waals surface area contributed by atoms with Crippen LogP contribution in [0.4, 0.5) is 13.2 Å². The topological polar surface area (TPSA) is 17.1 Å². The van der Waals surface area contributed by atoms with Crippen LogP contribution >= 0.6 is 27.5 Å². The lowest BCUT2D eigenvalue weighted by Crippen LogP contribution is -2.10. The third-order valence-electron chi connectivity index (χ3n) is 1.96. The van der Waals surface area contributed by atoms with E-state index in [9.17, 15) is 18.0 Å². The van der Waals surface area contributed by atoms with Crippen LogP contribution in [0.5, 0.6) is 0 Å². The second-order valence-electron chi connectivity index (χ2n) is 3.18. The Kier molecular flexibility index (Phi) is 4.02. The van der Waals surface area contributed by atoms with Gasteiger partial charge in [0.15, 0.2) is 5.78 Å². The van der Waals surface area contributed by atoms with Crippen molar-refractivity contribution in [2.24, 2.45) is 0 Å². The molecular formula is C10H7BrClF3O. The average Bonchev–Trinajstić information content (AvgIpc) is 2.15. The number of rotatable bonds is 2. The fourth-order valence-electron chi connectivity index (χ4n) is 1.18. The number of hydrogen-bond acceptors (Lipinski definition) is 1. The van der Waals surface area contributed by atoms with E-state index in [1.165, 1.54) is 19.1 Å². The maximum Gasteiger partial charge on any atom is 0.417 e. The second kappa shape index (κ2) is 4.75. The van der Waals surface area contributed by atoms with Crippen LogP contribution in [-0.2, 0) is 11.0 Å². The fraction of sp³-hybridized carbons (Fsp3) is 0.300. The molecule has 1 aromatic carbocycles. The van der Waals surface area contributed by atoms with Gasteiger partial charge in [-0.3, -0.25) is 4.79 Å². The average molecular weight is 316 g/mol. The molecule has 16 heavy (non-hydrogen) atoms. The molecule has 0 saturated carbocycles. The van der Waals surface area contributed by atoms with Crippen LogP contribution in [0.3, 0.4) is 0 Å². The van der Waals surface area contributed by atoms with Crippen molar-refractivity contribution in [2.75, 3.05) is 0 Å². The van der Waals surface area contributed by atoms with Crippen molar-refractivity contribution in [3.8, 4) is 0 Å². The molecule has 1 nitrogen and oxygen atoms in total. The first-order chi connectivity index (χ1) is 7.25. The summed E-state index contributed by atoms with van der Waals surface area (Å²) in [5, 5.41) is -1.07. The highest BCUT2D eigenvalue weighted by molar-refractivity contribution is 9.10. The Morgan fingerprint density at radius 1 is 1.44 bits per heavy atom. The predicted octanol–water partition coefficient (Wildman–Crippen LogP) is 4.34. The van der Waals surface area contributed by atoms with Crippen molar-refractivity contribution >= 4 is 33.3 Å². The quantitative estimate of drug-likeness (QED) is 0.742. The molecule has 1 atom stereocenters. The lowest BCUT2D eigenvalue weighted by molar-refractivity contribution is -0.138. The Balaban J connectivity index is 3.30. The summed E-state index contributed by atoms with van der Waals surface area (Å²) in [5.74, 6) is -0.401. The van der Waals surface area contributed by atoms with Gasteiger partial charge in [0.25, 0.3) is 0 Å². The lowest BCUT2D eigenvalue weighted by Gasteiger charge is -2.14.